The standard InChI is InChI=1S/C28H28N2O5/c1-34-23-16-14-21(15-17-23)25(20-12-13-20)29-24(31)18-35-28(33)26(19-8-4-2-5-9-19)30-27(32)22-10-6-3-7-11-22/h2-11,14-17,20,25-26H,12-13,18H2,1H3,(H,29,31)(H,30,32). The molecule has 2 N–H and O–H groups in total. The molecule has 4 rings (SSSR count). The fourth-order valence-electron chi connectivity index (χ4n) is 3.88. The lowest BCUT2D eigenvalue weighted by atomic mass is 10.0. The first-order valence-electron chi connectivity index (χ1n) is 11.6. The Morgan fingerprint density at radius 1 is 0.829 bits per heavy atom. The summed E-state index contributed by atoms with van der Waals surface area (Å²) >= 11 is 0. The molecule has 1 aliphatic carbocycles. The molecule has 7 nitrogen and oxygen atoms in total. The lowest BCUT2D eigenvalue weighted by Crippen LogP contribution is -2.38. The van der Waals surface area contributed by atoms with Gasteiger partial charge in [-0.3, -0.25) is 9.59 Å². The van der Waals surface area contributed by atoms with E-state index in [0.29, 0.717) is 17.0 Å². The highest BCUT2D eigenvalue weighted by Crippen LogP contribution is 2.41. The normalized spacial score (nSPS) is 14.3. The third-order valence-electron chi connectivity index (χ3n) is 5.91. The molecule has 0 saturated heterocycles. The molecule has 3 aromatic carbocycles. The van der Waals surface area contributed by atoms with Crippen molar-refractivity contribution in [2.24, 2.45) is 5.92 Å². The maximum Gasteiger partial charge on any atom is 0.333 e. The van der Waals surface area contributed by atoms with Crippen LogP contribution in [0.2, 0.25) is 0 Å². The third kappa shape index (κ3) is 6.47. The summed E-state index contributed by atoms with van der Waals surface area (Å²) < 4.78 is 10.6. The van der Waals surface area contributed by atoms with Gasteiger partial charge in [-0.05, 0) is 54.2 Å². The predicted octanol–water partition coefficient (Wildman–Crippen LogP) is 3.98. The Morgan fingerprint density at radius 2 is 1.46 bits per heavy atom. The largest absolute Gasteiger partial charge is 0.497 e. The van der Waals surface area contributed by atoms with Crippen molar-refractivity contribution in [3.8, 4) is 5.75 Å². The molecule has 0 radical (unpaired) electrons. The van der Waals surface area contributed by atoms with Crippen LogP contribution in [0.3, 0.4) is 0 Å². The van der Waals surface area contributed by atoms with Crippen LogP contribution in [0.15, 0.2) is 84.9 Å². The van der Waals surface area contributed by atoms with Crippen molar-refractivity contribution in [1.29, 1.82) is 0 Å². The van der Waals surface area contributed by atoms with Crippen molar-refractivity contribution in [2.45, 2.75) is 24.9 Å². The molecule has 35 heavy (non-hydrogen) atoms. The zero-order valence-electron chi connectivity index (χ0n) is 19.5. The van der Waals surface area contributed by atoms with Gasteiger partial charge in [0.2, 0.25) is 0 Å². The van der Waals surface area contributed by atoms with Crippen LogP contribution in [0.1, 0.15) is 46.4 Å². The van der Waals surface area contributed by atoms with Gasteiger partial charge in [-0.2, -0.15) is 0 Å². The van der Waals surface area contributed by atoms with Gasteiger partial charge in [0.15, 0.2) is 12.6 Å². The molecule has 2 unspecified atom stereocenters. The van der Waals surface area contributed by atoms with Gasteiger partial charge in [0, 0.05) is 5.56 Å². The molecule has 1 aliphatic rings. The summed E-state index contributed by atoms with van der Waals surface area (Å²) in [5.41, 5.74) is 1.97. The van der Waals surface area contributed by atoms with Crippen LogP contribution < -0.4 is 15.4 Å². The summed E-state index contributed by atoms with van der Waals surface area (Å²) in [4.78, 5) is 38.3. The molecule has 180 valence electrons. The maximum atomic E-state index is 13.0. The maximum absolute atomic E-state index is 13.0. The zero-order chi connectivity index (χ0) is 24.6. The van der Waals surface area contributed by atoms with Gasteiger partial charge in [0.1, 0.15) is 5.75 Å². The number of amides is 2. The van der Waals surface area contributed by atoms with Crippen molar-refractivity contribution >= 4 is 17.8 Å². The monoisotopic (exact) mass is 472 g/mol. The van der Waals surface area contributed by atoms with Gasteiger partial charge in [-0.25, -0.2) is 4.79 Å². The Balaban J connectivity index is 1.39. The molecule has 1 saturated carbocycles. The Labute approximate surface area is 204 Å². The van der Waals surface area contributed by atoms with E-state index in [1.807, 2.05) is 30.3 Å². The second kappa shape index (κ2) is 11.3. The number of hydrogen-bond acceptors (Lipinski definition) is 5. The SMILES string of the molecule is COc1ccc(C(NC(=O)COC(=O)C(NC(=O)c2ccccc2)c2ccccc2)C2CC2)cc1. The van der Waals surface area contributed by atoms with Gasteiger partial charge in [0.05, 0.1) is 13.2 Å². The summed E-state index contributed by atoms with van der Waals surface area (Å²) in [5.74, 6) is -0.414. The minimum Gasteiger partial charge on any atom is -0.497 e. The van der Waals surface area contributed by atoms with Crippen LogP contribution in [0.4, 0.5) is 0 Å². The number of rotatable bonds is 10. The van der Waals surface area contributed by atoms with Crippen LogP contribution >= 0.6 is 0 Å². The van der Waals surface area contributed by atoms with Crippen molar-refractivity contribution in [3.63, 3.8) is 0 Å². The van der Waals surface area contributed by atoms with Crippen molar-refractivity contribution in [1.82, 2.24) is 10.6 Å². The van der Waals surface area contributed by atoms with Crippen molar-refractivity contribution in [2.75, 3.05) is 13.7 Å². The van der Waals surface area contributed by atoms with E-state index in [2.05, 4.69) is 10.6 Å². The number of carbonyl (C=O) groups excluding carboxylic acids is 3. The van der Waals surface area contributed by atoms with Crippen molar-refractivity contribution in [3.05, 3.63) is 102 Å². The molecule has 2 atom stereocenters. The fourth-order valence-corrected chi connectivity index (χ4v) is 3.88. The number of nitrogens with one attached hydrogen (secondary N) is 2. The van der Waals surface area contributed by atoms with Gasteiger partial charge < -0.3 is 20.1 Å². The molecule has 7 heteroatoms. The first kappa shape index (κ1) is 24.0. The lowest BCUT2D eigenvalue weighted by Gasteiger charge is -2.21. The van der Waals surface area contributed by atoms with E-state index in [4.69, 9.17) is 9.47 Å². The number of methoxy groups -OCH3 is 1. The second-order valence-corrected chi connectivity index (χ2v) is 8.45. The minimum absolute atomic E-state index is 0.158. The Hall–Kier alpha value is -4.13. The minimum atomic E-state index is -1.04. The summed E-state index contributed by atoms with van der Waals surface area (Å²) in [6, 6.07) is 23.8. The summed E-state index contributed by atoms with van der Waals surface area (Å²) in [7, 11) is 1.61. The highest BCUT2D eigenvalue weighted by atomic mass is 16.5. The number of benzene rings is 3. The molecule has 1 fully saturated rings. The average Bonchev–Trinajstić information content (AvgIpc) is 3.75. The number of hydrogen-bond donors (Lipinski definition) is 2. The summed E-state index contributed by atoms with van der Waals surface area (Å²) in [6.07, 6.45) is 2.05. The number of ether oxygens (including phenoxy) is 2. The van der Waals surface area contributed by atoms with Crippen LogP contribution in [0, 0.1) is 5.92 Å². The van der Waals surface area contributed by atoms with E-state index in [9.17, 15) is 14.4 Å². The van der Waals surface area contributed by atoms with Crippen LogP contribution in [-0.4, -0.2) is 31.5 Å². The van der Waals surface area contributed by atoms with Crippen molar-refractivity contribution < 1.29 is 23.9 Å². The molecular weight excluding hydrogens is 444 g/mol. The van der Waals surface area contributed by atoms with E-state index < -0.39 is 30.4 Å². The first-order chi connectivity index (χ1) is 17.0. The van der Waals surface area contributed by atoms with Gasteiger partial charge in [0.25, 0.3) is 11.8 Å². The van der Waals surface area contributed by atoms with E-state index >= 15 is 0 Å². The van der Waals surface area contributed by atoms with Crippen LogP contribution in [0.5, 0.6) is 5.75 Å². The molecular formula is C28H28N2O5. The molecule has 0 bridgehead atoms. The highest BCUT2D eigenvalue weighted by molar-refractivity contribution is 5.97. The fraction of sp³-hybridized carbons (Fsp3) is 0.250. The second-order valence-electron chi connectivity index (χ2n) is 8.45. The van der Waals surface area contributed by atoms with E-state index in [1.165, 1.54) is 0 Å². The number of carbonyl (C=O) groups is 3. The highest BCUT2D eigenvalue weighted by Gasteiger charge is 2.34. The molecule has 3 aromatic rings. The van der Waals surface area contributed by atoms with Gasteiger partial charge >= 0.3 is 5.97 Å². The topological polar surface area (TPSA) is 93.7 Å². The molecule has 0 aromatic heterocycles. The lowest BCUT2D eigenvalue weighted by molar-refractivity contribution is -0.150. The van der Waals surface area contributed by atoms with E-state index in [-0.39, 0.29) is 6.04 Å². The Bertz CT molecular complexity index is 1140. The smallest absolute Gasteiger partial charge is 0.333 e. The van der Waals surface area contributed by atoms with Gasteiger partial charge in [-0.15, -0.1) is 0 Å². The van der Waals surface area contributed by atoms with Gasteiger partial charge in [-0.1, -0.05) is 60.7 Å². The predicted molar refractivity (Wildman–Crippen MR) is 131 cm³/mol. The number of esters is 1. The van der Waals surface area contributed by atoms with E-state index in [0.717, 1.165) is 24.2 Å². The summed E-state index contributed by atoms with van der Waals surface area (Å²) in [5, 5.41) is 5.71. The summed E-state index contributed by atoms with van der Waals surface area (Å²) in [6.45, 7) is -0.442. The molecule has 2 amide bonds. The molecule has 0 aliphatic heterocycles. The quantitative estimate of drug-likeness (QED) is 0.436. The van der Waals surface area contributed by atoms with Crippen LogP contribution in [-0.2, 0) is 14.3 Å². The molecule has 0 heterocycles. The first-order valence-corrected chi connectivity index (χ1v) is 11.6. The molecule has 0 spiro atoms. The average molecular weight is 473 g/mol. The zero-order valence-corrected chi connectivity index (χ0v) is 19.5. The third-order valence-corrected chi connectivity index (χ3v) is 5.91. The van der Waals surface area contributed by atoms with Crippen LogP contribution in [0.25, 0.3) is 0 Å². The Kier molecular flexibility index (Phi) is 7.77. The van der Waals surface area contributed by atoms with E-state index in [1.54, 1.807) is 61.7 Å². The Morgan fingerprint density at radius 3 is 2.06 bits per heavy atom.